The third-order valence-corrected chi connectivity index (χ3v) is 6.55. The van der Waals surface area contributed by atoms with Crippen LogP contribution in [0.2, 0.25) is 0 Å². The molecule has 6 heteroatoms. The van der Waals surface area contributed by atoms with Crippen molar-refractivity contribution >= 4 is 17.8 Å². The van der Waals surface area contributed by atoms with Crippen LogP contribution in [0, 0.1) is 5.92 Å². The SMILES string of the molecule is CC1CCCCC12NC(=O)N(CC(=O)N(C1=CCCCC1)C1CC1)C2=O. The smallest absolute Gasteiger partial charge is 0.323 e. The van der Waals surface area contributed by atoms with Crippen molar-refractivity contribution in [1.82, 2.24) is 15.1 Å². The van der Waals surface area contributed by atoms with Crippen molar-refractivity contribution in [1.29, 1.82) is 0 Å². The van der Waals surface area contributed by atoms with Gasteiger partial charge in [0.1, 0.15) is 12.1 Å². The molecule has 3 fully saturated rings. The van der Waals surface area contributed by atoms with Crippen molar-refractivity contribution in [2.75, 3.05) is 6.54 Å². The minimum Gasteiger partial charge on any atom is -0.323 e. The van der Waals surface area contributed by atoms with Crippen molar-refractivity contribution < 1.29 is 14.4 Å². The van der Waals surface area contributed by atoms with Gasteiger partial charge in [-0.3, -0.25) is 14.5 Å². The summed E-state index contributed by atoms with van der Waals surface area (Å²) in [6.45, 7) is 1.90. The first-order chi connectivity index (χ1) is 12.5. The standard InChI is InChI=1S/C20H29N3O3/c1-14-7-5-6-12-20(14)18(25)22(19(26)21-20)13-17(24)23(16-10-11-16)15-8-3-2-4-9-15/h8,14,16H,2-7,9-13H2,1H3,(H,21,26). The number of nitrogens with zero attached hydrogens (tertiary/aromatic N) is 2. The van der Waals surface area contributed by atoms with Crippen LogP contribution in [0.3, 0.4) is 0 Å². The van der Waals surface area contributed by atoms with Gasteiger partial charge in [-0.2, -0.15) is 0 Å². The molecular weight excluding hydrogens is 330 g/mol. The molecule has 1 aliphatic heterocycles. The van der Waals surface area contributed by atoms with Gasteiger partial charge in [-0.25, -0.2) is 4.79 Å². The molecule has 2 unspecified atom stereocenters. The predicted octanol–water partition coefficient (Wildman–Crippen LogP) is 2.94. The Kier molecular flexibility index (Phi) is 4.53. The summed E-state index contributed by atoms with van der Waals surface area (Å²) in [7, 11) is 0. The highest BCUT2D eigenvalue weighted by Gasteiger charge is 2.55. The van der Waals surface area contributed by atoms with Gasteiger partial charge in [0.05, 0.1) is 0 Å². The van der Waals surface area contributed by atoms with E-state index in [1.54, 1.807) is 0 Å². The van der Waals surface area contributed by atoms with Crippen LogP contribution in [0.5, 0.6) is 0 Å². The van der Waals surface area contributed by atoms with Crippen molar-refractivity contribution in [3.63, 3.8) is 0 Å². The Morgan fingerprint density at radius 1 is 1.23 bits per heavy atom. The molecule has 4 aliphatic rings. The zero-order valence-electron chi connectivity index (χ0n) is 15.6. The molecule has 0 aromatic carbocycles. The first kappa shape index (κ1) is 17.6. The fourth-order valence-electron chi connectivity index (χ4n) is 4.82. The zero-order valence-corrected chi connectivity index (χ0v) is 15.6. The van der Waals surface area contributed by atoms with Crippen LogP contribution in [0.15, 0.2) is 11.8 Å². The molecule has 2 saturated carbocycles. The summed E-state index contributed by atoms with van der Waals surface area (Å²) in [6.07, 6.45) is 12.1. The first-order valence-corrected chi connectivity index (χ1v) is 10.2. The zero-order chi connectivity index (χ0) is 18.3. The molecule has 1 spiro atoms. The molecule has 0 aromatic rings. The molecule has 26 heavy (non-hydrogen) atoms. The number of allylic oxidation sites excluding steroid dienone is 2. The number of hydrogen-bond acceptors (Lipinski definition) is 3. The number of hydrogen-bond donors (Lipinski definition) is 1. The lowest BCUT2D eigenvalue weighted by atomic mass is 9.73. The summed E-state index contributed by atoms with van der Waals surface area (Å²) in [4.78, 5) is 41.7. The highest BCUT2D eigenvalue weighted by molar-refractivity contribution is 6.09. The van der Waals surface area contributed by atoms with Crippen LogP contribution in [0.4, 0.5) is 4.79 Å². The van der Waals surface area contributed by atoms with Gasteiger partial charge < -0.3 is 10.2 Å². The second-order valence-corrected chi connectivity index (χ2v) is 8.38. The molecule has 4 rings (SSSR count). The van der Waals surface area contributed by atoms with Gasteiger partial charge in [0.25, 0.3) is 5.91 Å². The molecular formula is C20H29N3O3. The third-order valence-electron chi connectivity index (χ3n) is 6.55. The van der Waals surface area contributed by atoms with Gasteiger partial charge in [0.2, 0.25) is 5.91 Å². The van der Waals surface area contributed by atoms with E-state index in [1.807, 2.05) is 11.8 Å². The molecule has 1 heterocycles. The van der Waals surface area contributed by atoms with Gasteiger partial charge in [0.15, 0.2) is 0 Å². The largest absolute Gasteiger partial charge is 0.325 e. The number of amides is 4. The van der Waals surface area contributed by atoms with Crippen LogP contribution in [-0.4, -0.2) is 45.8 Å². The highest BCUT2D eigenvalue weighted by Crippen LogP contribution is 2.39. The number of carbonyl (C=O) groups excluding carboxylic acids is 3. The van der Waals surface area contributed by atoms with Gasteiger partial charge in [0, 0.05) is 11.7 Å². The normalized spacial score (nSPS) is 31.8. The second kappa shape index (κ2) is 6.71. The summed E-state index contributed by atoms with van der Waals surface area (Å²) >= 11 is 0. The maximum absolute atomic E-state index is 13.1. The summed E-state index contributed by atoms with van der Waals surface area (Å²) in [5.74, 6) is -0.186. The minimum absolute atomic E-state index is 0.107. The van der Waals surface area contributed by atoms with Crippen LogP contribution in [0.1, 0.15) is 71.1 Å². The van der Waals surface area contributed by atoms with E-state index in [2.05, 4.69) is 11.4 Å². The summed E-state index contributed by atoms with van der Waals surface area (Å²) < 4.78 is 0. The average molecular weight is 359 g/mol. The van der Waals surface area contributed by atoms with E-state index < -0.39 is 11.6 Å². The first-order valence-electron chi connectivity index (χ1n) is 10.2. The van der Waals surface area contributed by atoms with Gasteiger partial charge in [-0.1, -0.05) is 25.8 Å². The maximum atomic E-state index is 13.1. The monoisotopic (exact) mass is 359 g/mol. The Hall–Kier alpha value is -1.85. The lowest BCUT2D eigenvalue weighted by molar-refractivity contribution is -0.140. The Bertz CT molecular complexity index is 655. The summed E-state index contributed by atoms with van der Waals surface area (Å²) in [5.41, 5.74) is 0.306. The molecule has 6 nitrogen and oxygen atoms in total. The maximum Gasteiger partial charge on any atom is 0.325 e. The predicted molar refractivity (Wildman–Crippen MR) is 97.0 cm³/mol. The molecule has 2 atom stereocenters. The van der Waals surface area contributed by atoms with Crippen molar-refractivity contribution in [3.05, 3.63) is 11.8 Å². The number of rotatable bonds is 4. The fraction of sp³-hybridized carbons (Fsp3) is 0.750. The molecule has 0 radical (unpaired) electrons. The quantitative estimate of drug-likeness (QED) is 0.785. The van der Waals surface area contributed by atoms with E-state index in [0.29, 0.717) is 6.42 Å². The van der Waals surface area contributed by atoms with E-state index in [0.717, 1.165) is 57.1 Å². The molecule has 142 valence electrons. The van der Waals surface area contributed by atoms with Gasteiger partial charge in [-0.15, -0.1) is 0 Å². The van der Waals surface area contributed by atoms with Crippen molar-refractivity contribution in [2.45, 2.75) is 82.7 Å². The van der Waals surface area contributed by atoms with E-state index >= 15 is 0 Å². The number of urea groups is 1. The number of imide groups is 1. The second-order valence-electron chi connectivity index (χ2n) is 8.38. The average Bonchev–Trinajstić information content (AvgIpc) is 3.43. The molecule has 0 bridgehead atoms. The Labute approximate surface area is 155 Å². The molecule has 3 aliphatic carbocycles. The Balaban J connectivity index is 1.50. The van der Waals surface area contributed by atoms with Crippen LogP contribution < -0.4 is 5.32 Å². The Morgan fingerprint density at radius 3 is 2.69 bits per heavy atom. The topological polar surface area (TPSA) is 69.7 Å². The van der Waals surface area contributed by atoms with E-state index in [1.165, 1.54) is 11.3 Å². The molecule has 1 saturated heterocycles. The van der Waals surface area contributed by atoms with Crippen molar-refractivity contribution in [3.8, 4) is 0 Å². The Morgan fingerprint density at radius 2 is 2.04 bits per heavy atom. The molecule has 4 amide bonds. The lowest BCUT2D eigenvalue weighted by Crippen LogP contribution is -2.54. The lowest BCUT2D eigenvalue weighted by Gasteiger charge is -2.37. The van der Waals surface area contributed by atoms with Crippen LogP contribution in [0.25, 0.3) is 0 Å². The highest BCUT2D eigenvalue weighted by atomic mass is 16.2. The van der Waals surface area contributed by atoms with Crippen molar-refractivity contribution in [2.24, 2.45) is 5.92 Å². The van der Waals surface area contributed by atoms with Crippen LogP contribution >= 0.6 is 0 Å². The van der Waals surface area contributed by atoms with E-state index in [-0.39, 0.29) is 30.3 Å². The van der Waals surface area contributed by atoms with E-state index in [4.69, 9.17) is 0 Å². The number of carbonyl (C=O) groups is 3. The van der Waals surface area contributed by atoms with E-state index in [9.17, 15) is 14.4 Å². The summed E-state index contributed by atoms with van der Waals surface area (Å²) in [5, 5.41) is 2.94. The van der Waals surface area contributed by atoms with Gasteiger partial charge in [-0.05, 0) is 57.3 Å². The third kappa shape index (κ3) is 2.93. The van der Waals surface area contributed by atoms with Gasteiger partial charge >= 0.3 is 6.03 Å². The minimum atomic E-state index is -0.788. The molecule has 1 N–H and O–H groups in total. The summed E-state index contributed by atoms with van der Waals surface area (Å²) in [6, 6.07) is -0.138. The number of nitrogens with one attached hydrogen (secondary N) is 1. The fourth-order valence-corrected chi connectivity index (χ4v) is 4.82. The molecule has 0 aromatic heterocycles. The van der Waals surface area contributed by atoms with Crippen LogP contribution in [-0.2, 0) is 9.59 Å².